The van der Waals surface area contributed by atoms with Gasteiger partial charge in [-0.25, -0.2) is 4.98 Å². The molecule has 0 N–H and O–H groups in total. The smallest absolute Gasteiger partial charge is 0.124 e. The van der Waals surface area contributed by atoms with Crippen LogP contribution in [0, 0.1) is 0 Å². The monoisotopic (exact) mass is 454 g/mol. The topological polar surface area (TPSA) is 17.8 Å². The lowest BCUT2D eigenvalue weighted by Gasteiger charge is -2.07. The summed E-state index contributed by atoms with van der Waals surface area (Å²) in [5.74, 6) is 0. The molecule has 6 rings (SSSR count). The van der Waals surface area contributed by atoms with E-state index in [2.05, 4.69) is 105 Å². The molecule has 0 radical (unpaired) electrons. The first-order valence-electron chi connectivity index (χ1n) is 9.44. The van der Waals surface area contributed by atoms with Gasteiger partial charge in [0, 0.05) is 26.5 Å². The Morgan fingerprint density at radius 3 is 2.31 bits per heavy atom. The molecule has 0 atom stereocenters. The number of hydrogen-bond acceptors (Lipinski definition) is 2. The van der Waals surface area contributed by atoms with Gasteiger partial charge in [0.05, 0.1) is 21.3 Å². The Labute approximate surface area is 180 Å². The van der Waals surface area contributed by atoms with Crippen LogP contribution in [0.1, 0.15) is 0 Å². The third kappa shape index (κ3) is 2.64. The summed E-state index contributed by atoms with van der Waals surface area (Å²) < 4.78 is 4.68. The lowest BCUT2D eigenvalue weighted by molar-refractivity contribution is 1.19. The zero-order valence-electron chi connectivity index (χ0n) is 15.3. The standard InChI is InChI=1S/C25H15BrN2S/c26-17-11-14-22-20(15-17)19-12-13-21-24(23(19)28(22)18-9-5-2-6-10-18)29-25(27-21)16-7-3-1-4-8-16/h1-15H. The predicted molar refractivity (Wildman–Crippen MR) is 127 cm³/mol. The fraction of sp³-hybridized carbons (Fsp3) is 0. The highest BCUT2D eigenvalue weighted by Crippen LogP contribution is 2.41. The number of rotatable bonds is 2. The molecule has 0 aliphatic rings. The molecular weight excluding hydrogens is 440 g/mol. The molecule has 4 aromatic carbocycles. The molecule has 0 fully saturated rings. The molecule has 0 amide bonds. The number of thiazole rings is 1. The van der Waals surface area contributed by atoms with Gasteiger partial charge >= 0.3 is 0 Å². The first kappa shape index (κ1) is 17.0. The van der Waals surface area contributed by atoms with Crippen LogP contribution in [0.2, 0.25) is 0 Å². The molecule has 0 unspecified atom stereocenters. The molecule has 6 aromatic rings. The zero-order chi connectivity index (χ0) is 19.4. The molecule has 2 nitrogen and oxygen atoms in total. The van der Waals surface area contributed by atoms with Crippen LogP contribution in [0.3, 0.4) is 0 Å². The Kier molecular flexibility index (Phi) is 3.83. The number of hydrogen-bond donors (Lipinski definition) is 0. The molecule has 0 saturated heterocycles. The number of fused-ring (bicyclic) bond motifs is 5. The Morgan fingerprint density at radius 2 is 1.52 bits per heavy atom. The predicted octanol–water partition coefficient (Wildman–Crippen LogP) is 7.82. The van der Waals surface area contributed by atoms with Crippen molar-refractivity contribution < 1.29 is 0 Å². The number of para-hydroxylation sites is 1. The van der Waals surface area contributed by atoms with Crippen molar-refractivity contribution in [3.8, 4) is 16.3 Å². The largest absolute Gasteiger partial charge is 0.308 e. The highest BCUT2D eigenvalue weighted by molar-refractivity contribution is 9.10. The van der Waals surface area contributed by atoms with E-state index in [4.69, 9.17) is 4.98 Å². The van der Waals surface area contributed by atoms with Crippen molar-refractivity contribution in [3.63, 3.8) is 0 Å². The van der Waals surface area contributed by atoms with Crippen molar-refractivity contribution in [3.05, 3.63) is 95.5 Å². The van der Waals surface area contributed by atoms with Crippen molar-refractivity contribution in [2.45, 2.75) is 0 Å². The highest BCUT2D eigenvalue weighted by atomic mass is 79.9. The van der Waals surface area contributed by atoms with Gasteiger partial charge in [-0.05, 0) is 42.5 Å². The second kappa shape index (κ2) is 6.55. The lowest BCUT2D eigenvalue weighted by atomic mass is 10.1. The third-order valence-electron chi connectivity index (χ3n) is 5.28. The van der Waals surface area contributed by atoms with Crippen molar-refractivity contribution in [2.75, 3.05) is 0 Å². The van der Waals surface area contributed by atoms with Crippen LogP contribution in [0.15, 0.2) is 95.5 Å². The van der Waals surface area contributed by atoms with E-state index >= 15 is 0 Å². The second-order valence-electron chi connectivity index (χ2n) is 7.03. The Hall–Kier alpha value is -2.95. The minimum absolute atomic E-state index is 1.04. The maximum Gasteiger partial charge on any atom is 0.124 e. The van der Waals surface area contributed by atoms with Crippen molar-refractivity contribution in [1.82, 2.24) is 9.55 Å². The van der Waals surface area contributed by atoms with Gasteiger partial charge in [-0.3, -0.25) is 0 Å². The van der Waals surface area contributed by atoms with Gasteiger partial charge < -0.3 is 4.57 Å². The molecule has 29 heavy (non-hydrogen) atoms. The molecule has 0 spiro atoms. The van der Waals surface area contributed by atoms with Crippen LogP contribution in [-0.2, 0) is 0 Å². The lowest BCUT2D eigenvalue weighted by Crippen LogP contribution is -1.93. The Bertz CT molecular complexity index is 1500. The van der Waals surface area contributed by atoms with E-state index in [9.17, 15) is 0 Å². The van der Waals surface area contributed by atoms with E-state index in [1.165, 1.54) is 26.5 Å². The summed E-state index contributed by atoms with van der Waals surface area (Å²) in [4.78, 5) is 4.95. The van der Waals surface area contributed by atoms with Crippen LogP contribution in [0.5, 0.6) is 0 Å². The van der Waals surface area contributed by atoms with E-state index in [1.807, 2.05) is 6.07 Å². The van der Waals surface area contributed by atoms with Crippen molar-refractivity contribution >= 4 is 59.3 Å². The highest BCUT2D eigenvalue weighted by Gasteiger charge is 2.18. The Morgan fingerprint density at radius 1 is 0.759 bits per heavy atom. The van der Waals surface area contributed by atoms with E-state index < -0.39 is 0 Å². The summed E-state index contributed by atoms with van der Waals surface area (Å²) in [6.07, 6.45) is 0. The molecule has 0 aliphatic heterocycles. The summed E-state index contributed by atoms with van der Waals surface area (Å²) in [5, 5.41) is 3.55. The first-order chi connectivity index (χ1) is 14.3. The van der Waals surface area contributed by atoms with Crippen LogP contribution in [0.25, 0.3) is 48.3 Å². The van der Waals surface area contributed by atoms with Crippen LogP contribution in [-0.4, -0.2) is 9.55 Å². The van der Waals surface area contributed by atoms with Gasteiger partial charge in [0.15, 0.2) is 0 Å². The van der Waals surface area contributed by atoms with E-state index in [0.29, 0.717) is 0 Å². The van der Waals surface area contributed by atoms with Crippen LogP contribution < -0.4 is 0 Å². The quantitative estimate of drug-likeness (QED) is 0.260. The van der Waals surface area contributed by atoms with Gasteiger partial charge in [-0.15, -0.1) is 11.3 Å². The summed E-state index contributed by atoms with van der Waals surface area (Å²) in [5.41, 5.74) is 5.79. The molecule has 4 heteroatoms. The summed E-state index contributed by atoms with van der Waals surface area (Å²) in [6.45, 7) is 0. The fourth-order valence-electron chi connectivity index (χ4n) is 4.01. The number of benzene rings is 4. The van der Waals surface area contributed by atoms with Crippen LogP contribution in [0.4, 0.5) is 0 Å². The molecule has 0 aliphatic carbocycles. The van der Waals surface area contributed by atoms with Gasteiger partial charge in [-0.1, -0.05) is 64.5 Å². The number of halogens is 1. The third-order valence-corrected chi connectivity index (χ3v) is 6.90. The van der Waals surface area contributed by atoms with Gasteiger partial charge in [0.2, 0.25) is 0 Å². The number of nitrogens with zero attached hydrogens (tertiary/aromatic N) is 2. The minimum atomic E-state index is 1.04. The number of aromatic nitrogens is 2. The van der Waals surface area contributed by atoms with Crippen LogP contribution >= 0.6 is 27.3 Å². The molecule has 138 valence electrons. The fourth-order valence-corrected chi connectivity index (χ4v) is 5.47. The summed E-state index contributed by atoms with van der Waals surface area (Å²) in [6, 6.07) is 31.9. The summed E-state index contributed by atoms with van der Waals surface area (Å²) >= 11 is 5.41. The van der Waals surface area contributed by atoms with Gasteiger partial charge in [-0.2, -0.15) is 0 Å². The van der Waals surface area contributed by atoms with E-state index in [-0.39, 0.29) is 0 Å². The average Bonchev–Trinajstić information content (AvgIpc) is 3.34. The minimum Gasteiger partial charge on any atom is -0.308 e. The Balaban J connectivity index is 1.78. The molecule has 2 heterocycles. The zero-order valence-corrected chi connectivity index (χ0v) is 17.7. The maximum absolute atomic E-state index is 4.95. The average molecular weight is 455 g/mol. The summed E-state index contributed by atoms with van der Waals surface area (Å²) in [7, 11) is 0. The molecule has 2 aromatic heterocycles. The maximum atomic E-state index is 4.95. The molecule has 0 bridgehead atoms. The van der Waals surface area contributed by atoms with Gasteiger partial charge in [0.1, 0.15) is 5.01 Å². The molecule has 0 saturated carbocycles. The molecular formula is C25H15BrN2S. The second-order valence-corrected chi connectivity index (χ2v) is 8.94. The van der Waals surface area contributed by atoms with Crippen molar-refractivity contribution in [1.29, 1.82) is 0 Å². The SMILES string of the molecule is Brc1ccc2c(c1)c1ccc3nc(-c4ccccc4)sc3c1n2-c1ccccc1. The van der Waals surface area contributed by atoms with Crippen molar-refractivity contribution in [2.24, 2.45) is 0 Å². The van der Waals surface area contributed by atoms with E-state index in [0.717, 1.165) is 26.2 Å². The van der Waals surface area contributed by atoms with Gasteiger partial charge in [0.25, 0.3) is 0 Å². The normalized spacial score (nSPS) is 11.6. The first-order valence-corrected chi connectivity index (χ1v) is 11.0. The van der Waals surface area contributed by atoms with E-state index in [1.54, 1.807) is 11.3 Å².